The number of halogens is 1. The fourth-order valence-electron chi connectivity index (χ4n) is 3.86. The van der Waals surface area contributed by atoms with Gasteiger partial charge in [-0.05, 0) is 37.8 Å². The summed E-state index contributed by atoms with van der Waals surface area (Å²) in [5.74, 6) is 1.44. The zero-order valence-corrected chi connectivity index (χ0v) is 20.4. The number of nitro groups is 1. The lowest BCUT2D eigenvalue weighted by Crippen LogP contribution is -2.30. The predicted octanol–water partition coefficient (Wildman–Crippen LogP) is 4.31. The van der Waals surface area contributed by atoms with E-state index in [0.717, 1.165) is 60.1 Å². The minimum absolute atomic E-state index is 0.00879. The van der Waals surface area contributed by atoms with Crippen LogP contribution in [0.4, 0.5) is 11.5 Å². The normalized spacial score (nSPS) is 13.9. The van der Waals surface area contributed by atoms with Gasteiger partial charge in [-0.25, -0.2) is 14.6 Å². The first kappa shape index (κ1) is 24.2. The number of nitro benzene ring substituents is 1. The molecule has 0 saturated carbocycles. The molecule has 1 amide bonds. The Bertz CT molecular complexity index is 1200. The number of piperidine rings is 1. The number of nitrogens with zero attached hydrogens (tertiary/aromatic N) is 6. The van der Waals surface area contributed by atoms with Gasteiger partial charge in [0.05, 0.1) is 23.1 Å². The molecule has 12 heteroatoms. The van der Waals surface area contributed by atoms with Gasteiger partial charge < -0.3 is 10.2 Å². The first-order valence-corrected chi connectivity index (χ1v) is 12.7. The van der Waals surface area contributed by atoms with Crippen molar-refractivity contribution in [2.75, 3.05) is 30.3 Å². The predicted molar refractivity (Wildman–Crippen MR) is 133 cm³/mol. The summed E-state index contributed by atoms with van der Waals surface area (Å²) in [5.41, 5.74) is 0.617. The molecule has 10 nitrogen and oxygen atoms in total. The van der Waals surface area contributed by atoms with E-state index in [9.17, 15) is 14.9 Å². The van der Waals surface area contributed by atoms with Crippen LogP contribution < -0.4 is 10.2 Å². The highest BCUT2D eigenvalue weighted by atomic mass is 35.5. The van der Waals surface area contributed by atoms with Crippen LogP contribution in [0, 0.1) is 10.1 Å². The summed E-state index contributed by atoms with van der Waals surface area (Å²) in [6, 6.07) is 3.99. The van der Waals surface area contributed by atoms with Gasteiger partial charge in [0, 0.05) is 37.0 Å². The number of rotatable bonds is 9. The quantitative estimate of drug-likeness (QED) is 0.198. The van der Waals surface area contributed by atoms with E-state index in [2.05, 4.69) is 22.2 Å². The van der Waals surface area contributed by atoms with Crippen LogP contribution in [0.5, 0.6) is 0 Å². The van der Waals surface area contributed by atoms with Crippen molar-refractivity contribution in [3.8, 4) is 0 Å². The third kappa shape index (κ3) is 5.41. The van der Waals surface area contributed by atoms with E-state index in [0.29, 0.717) is 6.54 Å². The number of hydrogen-bond donors (Lipinski definition) is 1. The number of benzene rings is 1. The zero-order chi connectivity index (χ0) is 24.1. The Morgan fingerprint density at radius 1 is 1.26 bits per heavy atom. The lowest BCUT2D eigenvalue weighted by atomic mass is 10.1. The van der Waals surface area contributed by atoms with Crippen LogP contribution in [-0.4, -0.2) is 56.0 Å². The second-order valence-electron chi connectivity index (χ2n) is 8.01. The highest BCUT2D eigenvalue weighted by Crippen LogP contribution is 2.29. The van der Waals surface area contributed by atoms with Crippen LogP contribution in [0.15, 0.2) is 29.6 Å². The van der Waals surface area contributed by atoms with Crippen LogP contribution in [0.1, 0.15) is 43.0 Å². The molecule has 1 aliphatic rings. The molecular formula is C22H26ClN7O3S. The van der Waals surface area contributed by atoms with E-state index < -0.39 is 10.8 Å². The number of aromatic nitrogens is 4. The maximum absolute atomic E-state index is 12.5. The van der Waals surface area contributed by atoms with Crippen LogP contribution >= 0.6 is 23.4 Å². The van der Waals surface area contributed by atoms with Gasteiger partial charge >= 0.3 is 0 Å². The highest BCUT2D eigenvalue weighted by Gasteiger charge is 2.20. The van der Waals surface area contributed by atoms with E-state index in [-0.39, 0.29) is 22.8 Å². The first-order valence-electron chi connectivity index (χ1n) is 11.3. The maximum Gasteiger partial charge on any atom is 0.288 e. The average molecular weight is 504 g/mol. The van der Waals surface area contributed by atoms with Gasteiger partial charge in [0.1, 0.15) is 10.8 Å². The molecule has 1 aliphatic heterocycles. The lowest BCUT2D eigenvalue weighted by Gasteiger charge is -2.28. The summed E-state index contributed by atoms with van der Waals surface area (Å²) >= 11 is 7.47. The molecule has 4 rings (SSSR count). The van der Waals surface area contributed by atoms with E-state index in [1.54, 1.807) is 22.6 Å². The molecule has 0 unspecified atom stereocenters. The minimum atomic E-state index is -0.608. The maximum atomic E-state index is 12.5. The number of amides is 1. The zero-order valence-electron chi connectivity index (χ0n) is 18.9. The van der Waals surface area contributed by atoms with E-state index in [1.165, 1.54) is 24.6 Å². The van der Waals surface area contributed by atoms with Crippen LogP contribution in [0.2, 0.25) is 5.02 Å². The number of carbonyl (C=O) groups is 1. The monoisotopic (exact) mass is 503 g/mol. The van der Waals surface area contributed by atoms with Crippen molar-refractivity contribution in [3.05, 3.63) is 45.1 Å². The fraction of sp³-hybridized carbons (Fsp3) is 0.455. The molecular weight excluding hydrogens is 478 g/mol. The number of anilines is 1. The van der Waals surface area contributed by atoms with Gasteiger partial charge in [0.2, 0.25) is 0 Å². The molecule has 3 heterocycles. The number of fused-ring (bicyclic) bond motifs is 1. The van der Waals surface area contributed by atoms with Crippen molar-refractivity contribution in [1.29, 1.82) is 0 Å². The Labute approximate surface area is 206 Å². The molecule has 3 aromatic rings. The molecule has 34 heavy (non-hydrogen) atoms. The number of hydrogen-bond acceptors (Lipinski definition) is 8. The van der Waals surface area contributed by atoms with Gasteiger partial charge in [0.25, 0.3) is 11.6 Å². The summed E-state index contributed by atoms with van der Waals surface area (Å²) in [5, 5.41) is 20.0. The molecule has 0 spiro atoms. The van der Waals surface area contributed by atoms with Crippen LogP contribution in [0.25, 0.3) is 11.0 Å². The first-order chi connectivity index (χ1) is 16.5. The van der Waals surface area contributed by atoms with Crippen molar-refractivity contribution < 1.29 is 9.72 Å². The number of nitrogens with one attached hydrogen (secondary N) is 1. The van der Waals surface area contributed by atoms with Gasteiger partial charge in [-0.2, -0.15) is 5.10 Å². The highest BCUT2D eigenvalue weighted by molar-refractivity contribution is 7.99. The number of thioether (sulfide) groups is 1. The van der Waals surface area contributed by atoms with Gasteiger partial charge in [-0.3, -0.25) is 14.9 Å². The Morgan fingerprint density at radius 3 is 2.79 bits per heavy atom. The summed E-state index contributed by atoms with van der Waals surface area (Å²) in [6.45, 7) is 4.75. The van der Waals surface area contributed by atoms with Crippen molar-refractivity contribution in [2.45, 2.75) is 44.3 Å². The molecule has 0 aliphatic carbocycles. The third-order valence-electron chi connectivity index (χ3n) is 5.56. The smallest absolute Gasteiger partial charge is 0.288 e. The van der Waals surface area contributed by atoms with E-state index >= 15 is 0 Å². The topological polar surface area (TPSA) is 119 Å². The molecule has 1 saturated heterocycles. The molecule has 0 atom stereocenters. The average Bonchev–Trinajstić information content (AvgIpc) is 3.25. The third-order valence-corrected chi connectivity index (χ3v) is 6.93. The molecule has 0 bridgehead atoms. The van der Waals surface area contributed by atoms with Crippen molar-refractivity contribution >= 4 is 51.8 Å². The van der Waals surface area contributed by atoms with Crippen LogP contribution in [-0.2, 0) is 6.54 Å². The number of carbonyl (C=O) groups excluding carboxylic acids is 1. The summed E-state index contributed by atoms with van der Waals surface area (Å²) in [7, 11) is 0. The summed E-state index contributed by atoms with van der Waals surface area (Å²) in [6.07, 6.45) is 6.34. The summed E-state index contributed by atoms with van der Waals surface area (Å²) in [4.78, 5) is 34.9. The van der Waals surface area contributed by atoms with Gasteiger partial charge in [0.15, 0.2) is 10.8 Å². The molecule has 2 aromatic heterocycles. The Hall–Kier alpha value is -2.92. The Kier molecular flexibility index (Phi) is 7.84. The van der Waals surface area contributed by atoms with Crippen molar-refractivity contribution in [2.24, 2.45) is 0 Å². The Morgan fingerprint density at radius 2 is 2.06 bits per heavy atom. The van der Waals surface area contributed by atoms with Crippen molar-refractivity contribution in [3.63, 3.8) is 0 Å². The molecule has 1 aromatic carbocycles. The second-order valence-corrected chi connectivity index (χ2v) is 9.48. The Balaban J connectivity index is 1.51. The molecule has 1 N–H and O–H groups in total. The van der Waals surface area contributed by atoms with Gasteiger partial charge in [-0.15, -0.1) is 0 Å². The SMILES string of the molecule is CCCSc1nc(N2CCCCC2)c2cnn(CCNC(=O)c3ccc(Cl)c([N+](=O)[O-])c3)c2n1. The van der Waals surface area contributed by atoms with Gasteiger partial charge in [-0.1, -0.05) is 30.3 Å². The van der Waals surface area contributed by atoms with E-state index in [4.69, 9.17) is 21.6 Å². The molecule has 1 fully saturated rings. The van der Waals surface area contributed by atoms with Crippen LogP contribution in [0.3, 0.4) is 0 Å². The largest absolute Gasteiger partial charge is 0.356 e. The minimum Gasteiger partial charge on any atom is -0.356 e. The standard InChI is InChI=1S/C22H26ClN7O3S/c1-2-12-34-22-26-19(28-9-4-3-5-10-28)16-14-25-29(20(16)27-22)11-8-24-21(31)15-6-7-17(23)18(13-15)30(32)33/h6-7,13-14H,2-5,8-12H2,1H3,(H,24,31). The van der Waals surface area contributed by atoms with Crippen molar-refractivity contribution in [1.82, 2.24) is 25.1 Å². The summed E-state index contributed by atoms with van der Waals surface area (Å²) < 4.78 is 1.77. The fourth-order valence-corrected chi connectivity index (χ4v) is 4.74. The van der Waals surface area contributed by atoms with E-state index in [1.807, 2.05) is 0 Å². The molecule has 180 valence electrons. The second kappa shape index (κ2) is 11.0. The molecule has 0 radical (unpaired) electrons. The lowest BCUT2D eigenvalue weighted by molar-refractivity contribution is -0.384.